The summed E-state index contributed by atoms with van der Waals surface area (Å²) < 4.78 is 11.8. The van der Waals surface area contributed by atoms with E-state index in [-0.39, 0.29) is 17.8 Å². The second kappa shape index (κ2) is 11.3. The summed E-state index contributed by atoms with van der Waals surface area (Å²) in [4.78, 5) is 17.6. The highest BCUT2D eigenvalue weighted by molar-refractivity contribution is 5.59. The molecule has 37 heavy (non-hydrogen) atoms. The first-order chi connectivity index (χ1) is 18.2. The predicted octanol–water partition coefficient (Wildman–Crippen LogP) is 3.92. The zero-order valence-electron chi connectivity index (χ0n) is 20.1. The second-order valence-corrected chi connectivity index (χ2v) is 8.55. The number of aromatic nitrogens is 4. The summed E-state index contributed by atoms with van der Waals surface area (Å²) >= 11 is 0. The van der Waals surface area contributed by atoms with Crippen molar-refractivity contribution >= 4 is 11.6 Å². The number of nitrogens with two attached hydrogens (primary N) is 1. The van der Waals surface area contributed by atoms with Gasteiger partial charge in [0.05, 0.1) is 30.2 Å². The Labute approximate surface area is 214 Å². The van der Waals surface area contributed by atoms with Gasteiger partial charge in [0.1, 0.15) is 11.9 Å². The Hall–Kier alpha value is -4.75. The first-order valence-electron chi connectivity index (χ1n) is 12.0. The molecule has 1 saturated heterocycles. The summed E-state index contributed by atoms with van der Waals surface area (Å²) in [5.74, 6) is 2.71. The van der Waals surface area contributed by atoms with E-state index < -0.39 is 0 Å². The number of rotatable bonds is 8. The molecule has 186 valence electrons. The molecule has 10 heteroatoms. The molecule has 1 fully saturated rings. The topological polar surface area (TPSA) is 144 Å². The highest BCUT2D eigenvalue weighted by atomic mass is 16.5. The van der Waals surface area contributed by atoms with Gasteiger partial charge in [-0.05, 0) is 55.8 Å². The van der Waals surface area contributed by atoms with Gasteiger partial charge in [-0.15, -0.1) is 0 Å². The molecule has 4 aromatic rings. The number of hydrogen-bond donors (Lipinski definition) is 3. The van der Waals surface area contributed by atoms with Gasteiger partial charge in [0.15, 0.2) is 23.2 Å². The van der Waals surface area contributed by atoms with E-state index in [0.29, 0.717) is 35.2 Å². The summed E-state index contributed by atoms with van der Waals surface area (Å²) in [6, 6.07) is 16.8. The average molecular weight is 495 g/mol. The zero-order chi connectivity index (χ0) is 25.5. The molecule has 5 rings (SSSR count). The Morgan fingerprint density at radius 2 is 1.81 bits per heavy atom. The fourth-order valence-electron chi connectivity index (χ4n) is 3.95. The minimum atomic E-state index is 0.201. The number of benzene rings is 2. The quantitative estimate of drug-likeness (QED) is 0.329. The Morgan fingerprint density at radius 3 is 2.62 bits per heavy atom. The fourth-order valence-corrected chi connectivity index (χ4v) is 3.95. The zero-order valence-corrected chi connectivity index (χ0v) is 20.1. The van der Waals surface area contributed by atoms with Gasteiger partial charge in [-0.2, -0.15) is 10.2 Å². The van der Waals surface area contributed by atoms with Crippen molar-refractivity contribution in [3.8, 4) is 34.8 Å². The fraction of sp³-hybridized carbons (Fsp3) is 0.222. The number of nitriles is 1. The molecule has 0 radical (unpaired) electrons. The van der Waals surface area contributed by atoms with Crippen LogP contribution in [0, 0.1) is 11.3 Å². The number of nitrogens with zero attached hydrogens (tertiary/aromatic N) is 5. The highest BCUT2D eigenvalue weighted by Crippen LogP contribution is 2.24. The number of anilines is 2. The van der Waals surface area contributed by atoms with E-state index >= 15 is 0 Å². The van der Waals surface area contributed by atoms with Crippen LogP contribution in [0.1, 0.15) is 24.0 Å². The van der Waals surface area contributed by atoms with Crippen LogP contribution in [0.15, 0.2) is 67.1 Å². The van der Waals surface area contributed by atoms with Crippen LogP contribution < -0.4 is 25.8 Å². The van der Waals surface area contributed by atoms with Crippen molar-refractivity contribution in [3.63, 3.8) is 0 Å². The summed E-state index contributed by atoms with van der Waals surface area (Å²) in [5, 5.41) is 15.6. The van der Waals surface area contributed by atoms with E-state index in [0.717, 1.165) is 37.1 Å². The van der Waals surface area contributed by atoms with Gasteiger partial charge in [0.25, 0.3) is 0 Å². The summed E-state index contributed by atoms with van der Waals surface area (Å²) in [6.45, 7) is 2.39. The molecule has 0 bridgehead atoms. The van der Waals surface area contributed by atoms with Gasteiger partial charge < -0.3 is 25.8 Å². The largest absolute Gasteiger partial charge is 0.487 e. The van der Waals surface area contributed by atoms with E-state index in [1.165, 1.54) is 6.20 Å². The molecular formula is C27H26N8O2. The van der Waals surface area contributed by atoms with Gasteiger partial charge in [0.2, 0.25) is 5.88 Å². The first kappa shape index (κ1) is 24.0. The molecule has 2 aromatic heterocycles. The third-order valence-corrected chi connectivity index (χ3v) is 5.83. The Morgan fingerprint density at radius 1 is 1.00 bits per heavy atom. The van der Waals surface area contributed by atoms with Crippen LogP contribution in [0.25, 0.3) is 11.4 Å². The molecule has 0 unspecified atom stereocenters. The molecule has 0 saturated carbocycles. The molecule has 10 nitrogen and oxygen atoms in total. The van der Waals surface area contributed by atoms with Gasteiger partial charge in [-0.1, -0.05) is 24.3 Å². The van der Waals surface area contributed by atoms with Crippen LogP contribution in [0.5, 0.6) is 17.4 Å². The van der Waals surface area contributed by atoms with Crippen LogP contribution in [0.2, 0.25) is 0 Å². The number of nitrogens with one attached hydrogen (secondary N) is 2. The lowest BCUT2D eigenvalue weighted by molar-refractivity contribution is 0.161. The molecule has 3 heterocycles. The average Bonchev–Trinajstić information content (AvgIpc) is 2.94. The third kappa shape index (κ3) is 6.28. The van der Waals surface area contributed by atoms with Crippen LogP contribution in [-0.4, -0.2) is 39.1 Å². The van der Waals surface area contributed by atoms with Crippen LogP contribution in [0.4, 0.5) is 11.6 Å². The van der Waals surface area contributed by atoms with Gasteiger partial charge in [-0.3, -0.25) is 0 Å². The number of hydrogen-bond acceptors (Lipinski definition) is 10. The van der Waals surface area contributed by atoms with Crippen molar-refractivity contribution in [2.24, 2.45) is 0 Å². The standard InChI is InChI=1S/C27H26N8O2/c28-13-18-3-2-6-22(12-18)37-24-17-31-25(29)27(35-24)32-14-19-4-1-5-20(11-19)26-33-15-23(16-34-26)36-21-7-9-30-10-8-21/h1-6,11-12,15-17,21,30H,7-10,14H2,(H2,29,31)(H,32,35). The van der Waals surface area contributed by atoms with Crippen molar-refractivity contribution in [2.45, 2.75) is 25.5 Å². The monoisotopic (exact) mass is 494 g/mol. The van der Waals surface area contributed by atoms with E-state index in [4.69, 9.17) is 20.5 Å². The Balaban J connectivity index is 1.23. The molecule has 4 N–H and O–H groups in total. The lowest BCUT2D eigenvalue weighted by atomic mass is 10.1. The van der Waals surface area contributed by atoms with Crippen molar-refractivity contribution < 1.29 is 9.47 Å². The van der Waals surface area contributed by atoms with Crippen LogP contribution in [-0.2, 0) is 6.54 Å². The van der Waals surface area contributed by atoms with Crippen molar-refractivity contribution in [1.29, 1.82) is 5.26 Å². The van der Waals surface area contributed by atoms with E-state index in [9.17, 15) is 0 Å². The molecule has 0 atom stereocenters. The summed E-state index contributed by atoms with van der Waals surface area (Å²) in [7, 11) is 0. The molecule has 1 aliphatic heterocycles. The molecular weight excluding hydrogens is 468 g/mol. The lowest BCUT2D eigenvalue weighted by Gasteiger charge is -2.23. The van der Waals surface area contributed by atoms with E-state index in [1.54, 1.807) is 36.7 Å². The number of nitrogen functional groups attached to an aromatic ring is 1. The Kier molecular flexibility index (Phi) is 7.34. The van der Waals surface area contributed by atoms with Gasteiger partial charge >= 0.3 is 0 Å². The predicted molar refractivity (Wildman–Crippen MR) is 139 cm³/mol. The van der Waals surface area contributed by atoms with Crippen molar-refractivity contribution in [1.82, 2.24) is 25.3 Å². The van der Waals surface area contributed by atoms with Crippen molar-refractivity contribution in [2.75, 3.05) is 24.1 Å². The molecule has 1 aliphatic rings. The summed E-state index contributed by atoms with van der Waals surface area (Å²) in [5.41, 5.74) is 8.40. The minimum Gasteiger partial charge on any atom is -0.487 e. The van der Waals surface area contributed by atoms with E-state index in [1.807, 2.05) is 24.3 Å². The number of piperidine rings is 1. The molecule has 0 spiro atoms. The maximum absolute atomic E-state index is 9.08. The third-order valence-electron chi connectivity index (χ3n) is 5.83. The van der Waals surface area contributed by atoms with Crippen LogP contribution in [0.3, 0.4) is 0 Å². The molecule has 2 aromatic carbocycles. The SMILES string of the molecule is N#Cc1cccc(Oc2cnc(N)c(NCc3cccc(-c4ncc(OC5CCNCC5)cn4)c3)n2)c1. The normalized spacial score (nSPS) is 13.5. The summed E-state index contributed by atoms with van der Waals surface area (Å²) in [6.07, 6.45) is 7.06. The second-order valence-electron chi connectivity index (χ2n) is 8.55. The minimum absolute atomic E-state index is 0.201. The Bertz CT molecular complexity index is 1400. The van der Waals surface area contributed by atoms with Gasteiger partial charge in [0, 0.05) is 12.1 Å². The maximum atomic E-state index is 9.08. The van der Waals surface area contributed by atoms with E-state index in [2.05, 4.69) is 36.6 Å². The molecule has 0 amide bonds. The molecule has 0 aliphatic carbocycles. The first-order valence-corrected chi connectivity index (χ1v) is 12.0. The van der Waals surface area contributed by atoms with Crippen molar-refractivity contribution in [3.05, 3.63) is 78.2 Å². The maximum Gasteiger partial charge on any atom is 0.239 e. The van der Waals surface area contributed by atoms with Crippen LogP contribution >= 0.6 is 0 Å². The lowest BCUT2D eigenvalue weighted by Crippen LogP contribution is -2.34. The van der Waals surface area contributed by atoms with Gasteiger partial charge in [-0.25, -0.2) is 15.0 Å². The number of ether oxygens (including phenoxy) is 2. The highest BCUT2D eigenvalue weighted by Gasteiger charge is 2.15. The smallest absolute Gasteiger partial charge is 0.239 e.